The quantitative estimate of drug-likeness (QED) is 0.751. The first-order chi connectivity index (χ1) is 7.66. The van der Waals surface area contributed by atoms with Gasteiger partial charge in [-0.15, -0.1) is 0 Å². The molecule has 0 aliphatic carbocycles. The number of hydrogen-bond acceptors (Lipinski definition) is 4. The molecule has 5 heteroatoms. The van der Waals surface area contributed by atoms with Crippen molar-refractivity contribution in [2.75, 3.05) is 18.9 Å². The second-order valence-electron chi connectivity index (χ2n) is 3.66. The van der Waals surface area contributed by atoms with Gasteiger partial charge in [0, 0.05) is 18.2 Å². The maximum Gasteiger partial charge on any atom is 0.339 e. The molecule has 0 amide bonds. The standard InChI is InChI=1S/C11H13NO4/c12-7-1-2-9(11(13)14)10(5-7)16-8-3-4-15-6-8/h1-2,5,8H,3-4,6,12H2,(H,13,14). The van der Waals surface area contributed by atoms with Crippen molar-refractivity contribution in [3.8, 4) is 5.75 Å². The predicted octanol–water partition coefficient (Wildman–Crippen LogP) is 1.13. The van der Waals surface area contributed by atoms with E-state index in [-0.39, 0.29) is 11.7 Å². The summed E-state index contributed by atoms with van der Waals surface area (Å²) in [4.78, 5) is 11.0. The fraction of sp³-hybridized carbons (Fsp3) is 0.364. The van der Waals surface area contributed by atoms with Gasteiger partial charge in [0.2, 0.25) is 0 Å². The molecule has 16 heavy (non-hydrogen) atoms. The molecule has 0 saturated carbocycles. The highest BCUT2D eigenvalue weighted by Crippen LogP contribution is 2.24. The molecule has 5 nitrogen and oxygen atoms in total. The van der Waals surface area contributed by atoms with E-state index in [4.69, 9.17) is 20.3 Å². The van der Waals surface area contributed by atoms with Crippen LogP contribution in [0.5, 0.6) is 5.75 Å². The Morgan fingerprint density at radius 2 is 2.38 bits per heavy atom. The van der Waals surface area contributed by atoms with Gasteiger partial charge in [-0.3, -0.25) is 0 Å². The van der Waals surface area contributed by atoms with Crippen LogP contribution in [0.4, 0.5) is 5.69 Å². The zero-order valence-corrected chi connectivity index (χ0v) is 8.68. The van der Waals surface area contributed by atoms with Crippen molar-refractivity contribution in [3.05, 3.63) is 23.8 Å². The van der Waals surface area contributed by atoms with Gasteiger partial charge in [-0.1, -0.05) is 0 Å². The summed E-state index contributed by atoms with van der Waals surface area (Å²) < 4.78 is 10.7. The first-order valence-electron chi connectivity index (χ1n) is 5.04. The van der Waals surface area contributed by atoms with Gasteiger partial charge in [0.05, 0.1) is 13.2 Å². The van der Waals surface area contributed by atoms with E-state index >= 15 is 0 Å². The topological polar surface area (TPSA) is 81.8 Å². The lowest BCUT2D eigenvalue weighted by molar-refractivity contribution is 0.0687. The molecule has 1 fully saturated rings. The summed E-state index contributed by atoms with van der Waals surface area (Å²) in [6.07, 6.45) is 0.688. The number of nitrogen functional groups attached to an aromatic ring is 1. The van der Waals surface area contributed by atoms with Crippen molar-refractivity contribution in [1.82, 2.24) is 0 Å². The molecule has 0 spiro atoms. The Kier molecular flexibility index (Phi) is 2.96. The van der Waals surface area contributed by atoms with Crippen LogP contribution in [0.15, 0.2) is 18.2 Å². The highest BCUT2D eigenvalue weighted by molar-refractivity contribution is 5.91. The minimum absolute atomic E-state index is 0.0834. The van der Waals surface area contributed by atoms with Crippen molar-refractivity contribution in [3.63, 3.8) is 0 Å². The fourth-order valence-corrected chi connectivity index (χ4v) is 1.60. The van der Waals surface area contributed by atoms with Gasteiger partial charge in [0.15, 0.2) is 0 Å². The Morgan fingerprint density at radius 1 is 1.56 bits per heavy atom. The summed E-state index contributed by atoms with van der Waals surface area (Å²) in [5, 5.41) is 8.98. The smallest absolute Gasteiger partial charge is 0.339 e. The number of carboxylic acid groups (broad SMARTS) is 1. The maximum atomic E-state index is 11.0. The van der Waals surface area contributed by atoms with E-state index in [9.17, 15) is 4.79 Å². The monoisotopic (exact) mass is 223 g/mol. The fourth-order valence-electron chi connectivity index (χ4n) is 1.60. The summed E-state index contributed by atoms with van der Waals surface area (Å²) in [5.74, 6) is -0.711. The number of anilines is 1. The van der Waals surface area contributed by atoms with Gasteiger partial charge in [0.1, 0.15) is 17.4 Å². The number of rotatable bonds is 3. The largest absolute Gasteiger partial charge is 0.487 e. The second kappa shape index (κ2) is 4.40. The Morgan fingerprint density at radius 3 is 3.00 bits per heavy atom. The third-order valence-corrected chi connectivity index (χ3v) is 2.42. The van der Waals surface area contributed by atoms with Gasteiger partial charge < -0.3 is 20.3 Å². The van der Waals surface area contributed by atoms with Gasteiger partial charge in [-0.2, -0.15) is 0 Å². The molecule has 0 aromatic heterocycles. The number of aromatic carboxylic acids is 1. The third kappa shape index (κ3) is 2.25. The Labute approximate surface area is 92.8 Å². The van der Waals surface area contributed by atoms with E-state index in [0.717, 1.165) is 6.42 Å². The molecule has 0 bridgehead atoms. The lowest BCUT2D eigenvalue weighted by Crippen LogP contribution is -2.17. The molecule has 0 radical (unpaired) electrons. The van der Waals surface area contributed by atoms with Gasteiger partial charge in [-0.25, -0.2) is 4.79 Å². The summed E-state index contributed by atoms with van der Waals surface area (Å²) in [7, 11) is 0. The van der Waals surface area contributed by atoms with Gasteiger partial charge in [-0.05, 0) is 12.1 Å². The van der Waals surface area contributed by atoms with Crippen molar-refractivity contribution >= 4 is 11.7 Å². The zero-order valence-electron chi connectivity index (χ0n) is 8.68. The molecule has 1 heterocycles. The molecule has 1 saturated heterocycles. The Hall–Kier alpha value is -1.75. The normalized spacial score (nSPS) is 19.6. The van der Waals surface area contributed by atoms with Gasteiger partial charge in [0.25, 0.3) is 0 Å². The Balaban J connectivity index is 2.22. The van der Waals surface area contributed by atoms with Crippen molar-refractivity contribution in [1.29, 1.82) is 0 Å². The van der Waals surface area contributed by atoms with Crippen LogP contribution in [0.3, 0.4) is 0 Å². The molecule has 1 aromatic rings. The number of carboxylic acids is 1. The lowest BCUT2D eigenvalue weighted by atomic mass is 10.2. The first kappa shape index (κ1) is 10.8. The van der Waals surface area contributed by atoms with E-state index in [2.05, 4.69) is 0 Å². The number of benzene rings is 1. The minimum Gasteiger partial charge on any atom is -0.487 e. The Bertz CT molecular complexity index is 399. The molecule has 1 aliphatic heterocycles. The molecule has 1 aromatic carbocycles. The van der Waals surface area contributed by atoms with E-state index in [1.807, 2.05) is 0 Å². The molecule has 1 unspecified atom stereocenters. The van der Waals surface area contributed by atoms with Crippen LogP contribution in [-0.2, 0) is 4.74 Å². The maximum absolute atomic E-state index is 11.0. The second-order valence-corrected chi connectivity index (χ2v) is 3.66. The van der Waals surface area contributed by atoms with Crippen LogP contribution in [0, 0.1) is 0 Å². The molecule has 1 atom stereocenters. The molecule has 3 N–H and O–H groups in total. The predicted molar refractivity (Wildman–Crippen MR) is 57.7 cm³/mol. The highest BCUT2D eigenvalue weighted by Gasteiger charge is 2.20. The van der Waals surface area contributed by atoms with Crippen LogP contribution in [0.25, 0.3) is 0 Å². The van der Waals surface area contributed by atoms with E-state index < -0.39 is 5.97 Å². The van der Waals surface area contributed by atoms with Crippen LogP contribution in [0.1, 0.15) is 16.8 Å². The van der Waals surface area contributed by atoms with E-state index in [0.29, 0.717) is 24.7 Å². The summed E-state index contributed by atoms with van der Waals surface area (Å²) in [6.45, 7) is 1.14. The average Bonchev–Trinajstić information content (AvgIpc) is 2.70. The summed E-state index contributed by atoms with van der Waals surface area (Å²) in [6, 6.07) is 4.52. The number of nitrogens with two attached hydrogens (primary N) is 1. The SMILES string of the molecule is Nc1ccc(C(=O)O)c(OC2CCOC2)c1. The molecule has 2 rings (SSSR count). The molecule has 86 valence electrons. The van der Waals surface area contributed by atoms with Crippen molar-refractivity contribution in [2.24, 2.45) is 0 Å². The average molecular weight is 223 g/mol. The van der Waals surface area contributed by atoms with E-state index in [1.54, 1.807) is 6.07 Å². The number of hydrogen-bond donors (Lipinski definition) is 2. The minimum atomic E-state index is -1.02. The summed E-state index contributed by atoms with van der Waals surface area (Å²) >= 11 is 0. The van der Waals surface area contributed by atoms with Gasteiger partial charge >= 0.3 is 5.97 Å². The van der Waals surface area contributed by atoms with E-state index in [1.165, 1.54) is 12.1 Å². The van der Waals surface area contributed by atoms with Crippen LogP contribution in [-0.4, -0.2) is 30.4 Å². The zero-order chi connectivity index (χ0) is 11.5. The first-order valence-corrected chi connectivity index (χ1v) is 5.04. The lowest BCUT2D eigenvalue weighted by Gasteiger charge is -2.14. The molecular formula is C11H13NO4. The van der Waals surface area contributed by atoms with Crippen LogP contribution < -0.4 is 10.5 Å². The van der Waals surface area contributed by atoms with Crippen LogP contribution >= 0.6 is 0 Å². The third-order valence-electron chi connectivity index (χ3n) is 2.42. The summed E-state index contributed by atoms with van der Waals surface area (Å²) in [5.41, 5.74) is 6.21. The molecular weight excluding hydrogens is 210 g/mol. The number of ether oxygens (including phenoxy) is 2. The van der Waals surface area contributed by atoms with Crippen molar-refractivity contribution < 1.29 is 19.4 Å². The molecule has 1 aliphatic rings. The highest BCUT2D eigenvalue weighted by atomic mass is 16.5. The number of carbonyl (C=O) groups is 1. The van der Waals surface area contributed by atoms with Crippen molar-refractivity contribution in [2.45, 2.75) is 12.5 Å². The van der Waals surface area contributed by atoms with Crippen LogP contribution in [0.2, 0.25) is 0 Å².